The molecule has 2 rings (SSSR count). The van der Waals surface area contributed by atoms with Gasteiger partial charge in [0.05, 0.1) is 23.8 Å². The summed E-state index contributed by atoms with van der Waals surface area (Å²) in [5.41, 5.74) is -0.755. The van der Waals surface area contributed by atoms with Crippen molar-refractivity contribution in [3.05, 3.63) is 58.1 Å². The zero-order chi connectivity index (χ0) is 17.0. The van der Waals surface area contributed by atoms with Crippen LogP contribution >= 0.6 is 0 Å². The number of hydrogen-bond donors (Lipinski definition) is 2. The molecule has 0 heterocycles. The molecule has 0 fully saturated rings. The van der Waals surface area contributed by atoms with Crippen molar-refractivity contribution in [1.29, 1.82) is 0 Å². The van der Waals surface area contributed by atoms with Gasteiger partial charge in [-0.15, -0.1) is 0 Å². The van der Waals surface area contributed by atoms with Gasteiger partial charge >= 0.3 is 6.03 Å². The molecule has 7 nitrogen and oxygen atoms in total. The van der Waals surface area contributed by atoms with Gasteiger partial charge in [-0.1, -0.05) is 0 Å². The van der Waals surface area contributed by atoms with Crippen LogP contribution in [0.25, 0.3) is 0 Å². The molecule has 0 saturated heterocycles. The molecule has 0 unspecified atom stereocenters. The van der Waals surface area contributed by atoms with E-state index in [4.69, 9.17) is 4.74 Å². The Morgan fingerprint density at radius 2 is 1.78 bits per heavy atom. The fraction of sp³-hybridized carbons (Fsp3) is 0.0714. The molecule has 0 radical (unpaired) electrons. The molecule has 23 heavy (non-hydrogen) atoms. The van der Waals surface area contributed by atoms with Crippen molar-refractivity contribution in [1.82, 2.24) is 0 Å². The van der Waals surface area contributed by atoms with E-state index < -0.39 is 22.6 Å². The Morgan fingerprint density at radius 1 is 1.13 bits per heavy atom. The number of rotatable bonds is 4. The first kappa shape index (κ1) is 16.1. The molecule has 2 aromatic rings. The molecule has 2 N–H and O–H groups in total. The fourth-order valence-electron chi connectivity index (χ4n) is 1.76. The average Bonchev–Trinajstić information content (AvgIpc) is 2.50. The van der Waals surface area contributed by atoms with Crippen LogP contribution in [0.5, 0.6) is 5.75 Å². The van der Waals surface area contributed by atoms with Crippen LogP contribution < -0.4 is 15.4 Å². The summed E-state index contributed by atoms with van der Waals surface area (Å²) in [5, 5.41) is 15.4. The first-order valence-corrected chi connectivity index (χ1v) is 6.26. The Labute approximate surface area is 129 Å². The van der Waals surface area contributed by atoms with Gasteiger partial charge in [-0.3, -0.25) is 10.1 Å². The van der Waals surface area contributed by atoms with E-state index in [0.29, 0.717) is 6.07 Å². The number of anilines is 2. The van der Waals surface area contributed by atoms with Crippen molar-refractivity contribution in [2.75, 3.05) is 17.7 Å². The minimum atomic E-state index is -0.968. The van der Waals surface area contributed by atoms with Crippen molar-refractivity contribution in [2.45, 2.75) is 0 Å². The normalized spacial score (nSPS) is 10.0. The van der Waals surface area contributed by atoms with Gasteiger partial charge in [0.2, 0.25) is 0 Å². The third-order valence-corrected chi connectivity index (χ3v) is 2.83. The van der Waals surface area contributed by atoms with Crippen molar-refractivity contribution in [3.8, 4) is 5.75 Å². The van der Waals surface area contributed by atoms with Crippen molar-refractivity contribution in [3.63, 3.8) is 0 Å². The Balaban J connectivity index is 2.18. The highest BCUT2D eigenvalue weighted by Crippen LogP contribution is 2.29. The molecule has 120 valence electrons. The quantitative estimate of drug-likeness (QED) is 0.665. The smallest absolute Gasteiger partial charge is 0.323 e. The second-order valence-electron chi connectivity index (χ2n) is 4.34. The maximum Gasteiger partial charge on any atom is 0.323 e. The monoisotopic (exact) mass is 323 g/mol. The van der Waals surface area contributed by atoms with Crippen LogP contribution in [0.3, 0.4) is 0 Å². The lowest BCUT2D eigenvalue weighted by atomic mass is 10.2. The minimum absolute atomic E-state index is 0.101. The van der Waals surface area contributed by atoms with Gasteiger partial charge in [-0.05, 0) is 24.3 Å². The van der Waals surface area contributed by atoms with E-state index in [0.717, 1.165) is 18.2 Å². The van der Waals surface area contributed by atoms with E-state index in [2.05, 4.69) is 10.6 Å². The SMILES string of the molecule is COc1ccc(NC(=O)Nc2ccc(F)cc2F)c([N+](=O)[O-])c1. The van der Waals surface area contributed by atoms with Gasteiger partial charge in [0.15, 0.2) is 0 Å². The summed E-state index contributed by atoms with van der Waals surface area (Å²) in [6, 6.07) is 5.52. The molecule has 0 bridgehead atoms. The molecule has 0 aliphatic rings. The molecule has 0 saturated carbocycles. The number of methoxy groups -OCH3 is 1. The van der Waals surface area contributed by atoms with E-state index in [1.165, 1.54) is 19.2 Å². The lowest BCUT2D eigenvalue weighted by molar-refractivity contribution is -0.384. The van der Waals surface area contributed by atoms with Gasteiger partial charge in [0.1, 0.15) is 23.1 Å². The van der Waals surface area contributed by atoms with Gasteiger partial charge < -0.3 is 15.4 Å². The summed E-state index contributed by atoms with van der Waals surface area (Å²) in [6.45, 7) is 0. The maximum absolute atomic E-state index is 13.4. The Bertz CT molecular complexity index is 768. The number of nitrogens with zero attached hydrogens (tertiary/aromatic N) is 1. The molecule has 0 spiro atoms. The topological polar surface area (TPSA) is 93.5 Å². The molecular formula is C14H11F2N3O4. The average molecular weight is 323 g/mol. The molecule has 2 aromatic carbocycles. The molecular weight excluding hydrogens is 312 g/mol. The number of nitro groups is 1. The Hall–Kier alpha value is -3.23. The molecule has 0 aliphatic carbocycles. The summed E-state index contributed by atoms with van der Waals surface area (Å²) < 4.78 is 31.1. The number of urea groups is 1. The van der Waals surface area contributed by atoms with Gasteiger partial charge in [0.25, 0.3) is 5.69 Å². The molecule has 2 amide bonds. The maximum atomic E-state index is 13.4. The number of nitrogens with one attached hydrogen (secondary N) is 2. The number of amides is 2. The van der Waals surface area contributed by atoms with E-state index >= 15 is 0 Å². The molecule has 9 heteroatoms. The number of hydrogen-bond acceptors (Lipinski definition) is 4. The highest BCUT2D eigenvalue weighted by atomic mass is 19.1. The van der Waals surface area contributed by atoms with Crippen LogP contribution in [0, 0.1) is 21.7 Å². The largest absolute Gasteiger partial charge is 0.496 e. The molecule has 0 aliphatic heterocycles. The van der Waals surface area contributed by atoms with E-state index in [9.17, 15) is 23.7 Å². The standard InChI is InChI=1S/C14H11F2N3O4/c1-23-9-3-5-12(13(7-9)19(21)22)18-14(20)17-11-4-2-8(15)6-10(11)16/h2-7H,1H3,(H2,17,18,20). The van der Waals surface area contributed by atoms with Crippen LogP contribution in [0.1, 0.15) is 0 Å². The van der Waals surface area contributed by atoms with Crippen molar-refractivity contribution >= 4 is 23.1 Å². The first-order valence-electron chi connectivity index (χ1n) is 6.26. The van der Waals surface area contributed by atoms with Crippen LogP contribution in [0.2, 0.25) is 0 Å². The van der Waals surface area contributed by atoms with E-state index in [1.54, 1.807) is 0 Å². The second kappa shape index (κ2) is 6.69. The third kappa shape index (κ3) is 3.90. The predicted octanol–water partition coefficient (Wildman–Crippen LogP) is 3.53. The highest BCUT2D eigenvalue weighted by Gasteiger charge is 2.17. The summed E-state index contributed by atoms with van der Waals surface area (Å²) >= 11 is 0. The predicted molar refractivity (Wildman–Crippen MR) is 78.6 cm³/mol. The number of carbonyl (C=O) groups is 1. The second-order valence-corrected chi connectivity index (χ2v) is 4.34. The number of nitro benzene ring substituents is 1. The van der Waals surface area contributed by atoms with Crippen LogP contribution in [-0.4, -0.2) is 18.1 Å². The fourth-order valence-corrected chi connectivity index (χ4v) is 1.76. The first-order chi connectivity index (χ1) is 10.9. The van der Waals surface area contributed by atoms with Crippen molar-refractivity contribution < 1.29 is 23.2 Å². The number of ether oxygens (including phenoxy) is 1. The van der Waals surface area contributed by atoms with Gasteiger partial charge in [-0.2, -0.15) is 0 Å². The van der Waals surface area contributed by atoms with Crippen molar-refractivity contribution in [2.24, 2.45) is 0 Å². The lowest BCUT2D eigenvalue weighted by Gasteiger charge is -2.09. The zero-order valence-electron chi connectivity index (χ0n) is 11.8. The minimum Gasteiger partial charge on any atom is -0.496 e. The number of carbonyl (C=O) groups excluding carboxylic acids is 1. The van der Waals surface area contributed by atoms with E-state index in [-0.39, 0.29) is 22.8 Å². The Kier molecular flexibility index (Phi) is 4.69. The van der Waals surface area contributed by atoms with E-state index in [1.807, 2.05) is 0 Å². The number of halogens is 2. The van der Waals surface area contributed by atoms with Gasteiger partial charge in [-0.25, -0.2) is 13.6 Å². The van der Waals surface area contributed by atoms with Crippen LogP contribution in [0.15, 0.2) is 36.4 Å². The summed E-state index contributed by atoms with van der Waals surface area (Å²) in [4.78, 5) is 22.1. The number of benzene rings is 2. The summed E-state index contributed by atoms with van der Waals surface area (Å²) in [6.07, 6.45) is 0. The summed E-state index contributed by atoms with van der Waals surface area (Å²) in [7, 11) is 1.34. The molecule has 0 atom stereocenters. The Morgan fingerprint density at radius 3 is 2.39 bits per heavy atom. The zero-order valence-corrected chi connectivity index (χ0v) is 11.8. The lowest BCUT2D eigenvalue weighted by Crippen LogP contribution is -2.20. The van der Waals surface area contributed by atoms with Crippen LogP contribution in [0.4, 0.5) is 30.6 Å². The molecule has 0 aromatic heterocycles. The van der Waals surface area contributed by atoms with Crippen LogP contribution in [-0.2, 0) is 0 Å². The third-order valence-electron chi connectivity index (χ3n) is 2.83. The summed E-state index contributed by atoms with van der Waals surface area (Å²) in [5.74, 6) is -1.52. The van der Waals surface area contributed by atoms with Gasteiger partial charge in [0, 0.05) is 6.07 Å². The highest BCUT2D eigenvalue weighted by molar-refractivity contribution is 6.01.